The Hall–Kier alpha value is -1.04. The summed E-state index contributed by atoms with van der Waals surface area (Å²) in [6.07, 6.45) is 12.3. The summed E-state index contributed by atoms with van der Waals surface area (Å²) in [6, 6.07) is 7.47. The SMILES string of the molecule is C1=CC2CC1C1C3CC(c4ccc5c(c4)CC5)C(C3)C21. The lowest BCUT2D eigenvalue weighted by Gasteiger charge is -2.37. The van der Waals surface area contributed by atoms with Crippen molar-refractivity contribution in [1.29, 1.82) is 0 Å². The van der Waals surface area contributed by atoms with Crippen LogP contribution >= 0.6 is 0 Å². The van der Waals surface area contributed by atoms with E-state index in [1.807, 2.05) is 0 Å². The molecule has 0 saturated heterocycles. The van der Waals surface area contributed by atoms with Gasteiger partial charge in [-0.3, -0.25) is 0 Å². The van der Waals surface area contributed by atoms with E-state index in [0.29, 0.717) is 0 Å². The van der Waals surface area contributed by atoms with Crippen LogP contribution in [0.2, 0.25) is 0 Å². The van der Waals surface area contributed by atoms with Crippen LogP contribution in [0.15, 0.2) is 30.4 Å². The van der Waals surface area contributed by atoms with E-state index < -0.39 is 0 Å². The quantitative estimate of drug-likeness (QED) is 0.521. The van der Waals surface area contributed by atoms with Crippen molar-refractivity contribution in [2.75, 3.05) is 0 Å². The molecule has 5 aliphatic rings. The molecule has 0 N–H and O–H groups in total. The summed E-state index contributed by atoms with van der Waals surface area (Å²) in [5, 5.41) is 0. The van der Waals surface area contributed by atoms with E-state index in [2.05, 4.69) is 30.4 Å². The Bertz CT molecular complexity index is 625. The Labute approximate surface area is 121 Å². The molecule has 0 aliphatic heterocycles. The molecule has 3 fully saturated rings. The molecule has 6 rings (SSSR count). The third-order valence-corrected chi connectivity index (χ3v) is 7.59. The summed E-state index contributed by atoms with van der Waals surface area (Å²) in [6.45, 7) is 0. The molecule has 0 aromatic heterocycles. The summed E-state index contributed by atoms with van der Waals surface area (Å²) in [5.74, 6) is 7.04. The van der Waals surface area contributed by atoms with Crippen molar-refractivity contribution >= 4 is 0 Å². The third-order valence-electron chi connectivity index (χ3n) is 7.59. The van der Waals surface area contributed by atoms with Crippen LogP contribution in [0, 0.1) is 35.5 Å². The second kappa shape index (κ2) is 3.40. The molecule has 1 aromatic carbocycles. The average Bonchev–Trinajstić information content (AvgIpc) is 3.18. The fraction of sp³-hybridized carbons (Fsp3) is 0.600. The number of benzene rings is 1. The molecule has 0 amide bonds. The number of aryl methyl sites for hydroxylation is 2. The van der Waals surface area contributed by atoms with Crippen LogP contribution < -0.4 is 0 Å². The van der Waals surface area contributed by atoms with E-state index in [-0.39, 0.29) is 0 Å². The summed E-state index contributed by atoms with van der Waals surface area (Å²) < 4.78 is 0. The lowest BCUT2D eigenvalue weighted by molar-refractivity contribution is 0.185. The van der Waals surface area contributed by atoms with E-state index >= 15 is 0 Å². The van der Waals surface area contributed by atoms with Gasteiger partial charge in [-0.15, -0.1) is 0 Å². The fourth-order valence-electron chi connectivity index (χ4n) is 6.85. The zero-order chi connectivity index (χ0) is 12.8. The van der Waals surface area contributed by atoms with Crippen LogP contribution in [0.4, 0.5) is 0 Å². The summed E-state index contributed by atoms with van der Waals surface area (Å²) in [5.41, 5.74) is 4.98. The van der Waals surface area contributed by atoms with Crippen LogP contribution in [0.25, 0.3) is 0 Å². The van der Waals surface area contributed by atoms with E-state index in [1.54, 1.807) is 23.1 Å². The van der Waals surface area contributed by atoms with E-state index in [1.165, 1.54) is 25.7 Å². The Morgan fingerprint density at radius 2 is 1.65 bits per heavy atom. The molecule has 7 unspecified atom stereocenters. The van der Waals surface area contributed by atoms with Crippen molar-refractivity contribution in [2.24, 2.45) is 35.5 Å². The van der Waals surface area contributed by atoms with Gasteiger partial charge in [0.05, 0.1) is 0 Å². The van der Waals surface area contributed by atoms with Crippen LogP contribution in [-0.4, -0.2) is 0 Å². The normalized spacial score (nSPS) is 49.3. The van der Waals surface area contributed by atoms with Gasteiger partial charge in [-0.05, 0) is 90.2 Å². The van der Waals surface area contributed by atoms with Crippen molar-refractivity contribution in [2.45, 2.75) is 38.0 Å². The van der Waals surface area contributed by atoms with Crippen molar-refractivity contribution in [3.05, 3.63) is 47.0 Å². The number of fused-ring (bicyclic) bond motifs is 10. The van der Waals surface area contributed by atoms with Gasteiger partial charge in [0.15, 0.2) is 0 Å². The summed E-state index contributed by atoms with van der Waals surface area (Å²) >= 11 is 0. The van der Waals surface area contributed by atoms with Crippen LogP contribution in [-0.2, 0) is 12.8 Å². The number of rotatable bonds is 1. The van der Waals surface area contributed by atoms with Crippen molar-refractivity contribution in [3.63, 3.8) is 0 Å². The third kappa shape index (κ3) is 1.13. The molecule has 0 radical (unpaired) electrons. The Morgan fingerprint density at radius 1 is 0.800 bits per heavy atom. The van der Waals surface area contributed by atoms with Gasteiger partial charge in [-0.25, -0.2) is 0 Å². The molecule has 1 aromatic rings. The first-order valence-corrected chi connectivity index (χ1v) is 8.68. The van der Waals surface area contributed by atoms with Crippen molar-refractivity contribution < 1.29 is 0 Å². The Balaban J connectivity index is 1.38. The topological polar surface area (TPSA) is 0 Å². The standard InChI is InChI=1S/C20H22/c1-3-12-7-13(4-2-11(1)12)17-9-16-10-18(17)20-15-6-5-14(8-15)19(16)20/h2,4-7,14-20H,1,3,8-10H2. The van der Waals surface area contributed by atoms with Gasteiger partial charge in [0.2, 0.25) is 0 Å². The zero-order valence-electron chi connectivity index (χ0n) is 12.0. The molecule has 4 bridgehead atoms. The van der Waals surface area contributed by atoms with Gasteiger partial charge >= 0.3 is 0 Å². The summed E-state index contributed by atoms with van der Waals surface area (Å²) in [7, 11) is 0. The van der Waals surface area contributed by atoms with E-state index in [4.69, 9.17) is 0 Å². The lowest BCUT2D eigenvalue weighted by Crippen LogP contribution is -2.30. The van der Waals surface area contributed by atoms with Crippen LogP contribution in [0.3, 0.4) is 0 Å². The molecule has 0 nitrogen and oxygen atoms in total. The second-order valence-corrected chi connectivity index (χ2v) is 8.13. The average molecular weight is 262 g/mol. The minimum atomic E-state index is 0.903. The molecular formula is C20H22. The fourth-order valence-corrected chi connectivity index (χ4v) is 6.85. The van der Waals surface area contributed by atoms with Gasteiger partial charge in [0.1, 0.15) is 0 Å². The minimum absolute atomic E-state index is 0.903. The number of hydrogen-bond acceptors (Lipinski definition) is 0. The molecule has 0 spiro atoms. The van der Waals surface area contributed by atoms with Gasteiger partial charge < -0.3 is 0 Å². The molecule has 5 aliphatic carbocycles. The van der Waals surface area contributed by atoms with Crippen LogP contribution in [0.5, 0.6) is 0 Å². The first-order valence-electron chi connectivity index (χ1n) is 8.68. The predicted octanol–water partition coefficient (Wildman–Crippen LogP) is 4.35. The molecule has 102 valence electrons. The van der Waals surface area contributed by atoms with E-state index in [0.717, 1.165) is 41.4 Å². The highest BCUT2D eigenvalue weighted by Crippen LogP contribution is 2.68. The molecular weight excluding hydrogens is 240 g/mol. The largest absolute Gasteiger partial charge is 0.0848 e. The van der Waals surface area contributed by atoms with Crippen molar-refractivity contribution in [3.8, 4) is 0 Å². The number of hydrogen-bond donors (Lipinski definition) is 0. The molecule has 0 heterocycles. The minimum Gasteiger partial charge on any atom is -0.0848 e. The first kappa shape index (κ1) is 10.7. The maximum Gasteiger partial charge on any atom is -0.0128 e. The maximum atomic E-state index is 2.57. The maximum absolute atomic E-state index is 2.57. The predicted molar refractivity (Wildman–Crippen MR) is 80.5 cm³/mol. The molecule has 3 saturated carbocycles. The number of allylic oxidation sites excluding steroid dienone is 2. The van der Waals surface area contributed by atoms with Gasteiger partial charge in [0.25, 0.3) is 0 Å². The Morgan fingerprint density at radius 3 is 2.45 bits per heavy atom. The van der Waals surface area contributed by atoms with Crippen LogP contribution in [0.1, 0.15) is 41.9 Å². The highest BCUT2D eigenvalue weighted by molar-refractivity contribution is 5.41. The van der Waals surface area contributed by atoms with E-state index in [9.17, 15) is 0 Å². The molecule has 20 heavy (non-hydrogen) atoms. The highest BCUT2D eigenvalue weighted by atomic mass is 14.6. The highest BCUT2D eigenvalue weighted by Gasteiger charge is 2.60. The Kier molecular flexibility index (Phi) is 1.81. The monoisotopic (exact) mass is 262 g/mol. The van der Waals surface area contributed by atoms with Gasteiger partial charge in [-0.1, -0.05) is 30.4 Å². The first-order chi connectivity index (χ1) is 9.88. The smallest absolute Gasteiger partial charge is 0.0128 e. The second-order valence-electron chi connectivity index (χ2n) is 8.13. The van der Waals surface area contributed by atoms with Gasteiger partial charge in [-0.2, -0.15) is 0 Å². The summed E-state index contributed by atoms with van der Waals surface area (Å²) in [4.78, 5) is 0. The molecule has 7 atom stereocenters. The molecule has 0 heteroatoms. The van der Waals surface area contributed by atoms with Crippen molar-refractivity contribution in [1.82, 2.24) is 0 Å². The van der Waals surface area contributed by atoms with Gasteiger partial charge in [0, 0.05) is 0 Å². The zero-order valence-corrected chi connectivity index (χ0v) is 12.0. The lowest BCUT2D eigenvalue weighted by atomic mass is 9.67.